The molecule has 0 aromatic heterocycles. The molecule has 0 radical (unpaired) electrons. The molecule has 0 heterocycles. The van der Waals surface area contributed by atoms with Crippen molar-refractivity contribution in [3.8, 4) is 5.75 Å². The van der Waals surface area contributed by atoms with Crippen LogP contribution in [0.1, 0.15) is 80.6 Å². The number of hydrogen-bond donors (Lipinski definition) is 2. The molecule has 0 bridgehead atoms. The van der Waals surface area contributed by atoms with Crippen LogP contribution in [0.15, 0.2) is 65.2 Å². The molecule has 1 fully saturated rings. The Morgan fingerprint density at radius 1 is 1.22 bits per heavy atom. The van der Waals surface area contributed by atoms with Crippen molar-refractivity contribution < 1.29 is 19.1 Å². The molecule has 0 saturated heterocycles. The molecule has 1 aromatic rings. The van der Waals surface area contributed by atoms with Crippen LogP contribution in [0.4, 0.5) is 10.5 Å². The van der Waals surface area contributed by atoms with Gasteiger partial charge in [-0.1, -0.05) is 78.2 Å². The number of ether oxygens (including phenoxy) is 2. The van der Waals surface area contributed by atoms with Crippen LogP contribution in [0, 0.1) is 5.41 Å². The van der Waals surface area contributed by atoms with Gasteiger partial charge in [0.2, 0.25) is 0 Å². The number of ketones is 1. The molecule has 1 aliphatic carbocycles. The number of thiocarbonyl (C=S) groups is 1. The number of nitrogens with two attached hydrogens (primary N) is 1. The summed E-state index contributed by atoms with van der Waals surface area (Å²) < 4.78 is 11.2. The van der Waals surface area contributed by atoms with Gasteiger partial charge < -0.3 is 25.4 Å². The van der Waals surface area contributed by atoms with E-state index in [1.165, 1.54) is 32.1 Å². The standard InChI is InChI=1S/C25H40N4O3S2.C10H13BrO/c1-6-29(23(30)32-24(2,3)4)16-17-31-20-12-10-19(11-13-20)27-22(33)28-21(26)34-18-25(5)14-8-7-9-15-25;1-4-5-9(6-8(2)3)10(12)7-11/h10-13H,6-9,14-18H2,1-5H3,(H3,26,27,28,33);4-6H,2,7H2,1,3H3/b;5-4-,9-6+. The monoisotopic (exact) mass is 736 g/mol. The maximum absolute atomic E-state index is 12.2. The van der Waals surface area contributed by atoms with Gasteiger partial charge in [-0.25, -0.2) is 4.79 Å². The second-order valence-electron chi connectivity index (χ2n) is 12.5. The molecule has 11 heteroatoms. The number of Topliss-reactive ketones (excluding diaryl/α,β-unsaturated/α-hetero) is 1. The summed E-state index contributed by atoms with van der Waals surface area (Å²) in [5.74, 6) is 1.76. The Morgan fingerprint density at radius 2 is 1.85 bits per heavy atom. The summed E-state index contributed by atoms with van der Waals surface area (Å²) in [5, 5.41) is 4.28. The van der Waals surface area contributed by atoms with Gasteiger partial charge in [0.15, 0.2) is 16.1 Å². The molecule has 46 heavy (non-hydrogen) atoms. The first-order chi connectivity index (χ1) is 21.6. The number of halogens is 1. The lowest BCUT2D eigenvalue weighted by Crippen LogP contribution is -2.38. The van der Waals surface area contributed by atoms with Crippen molar-refractivity contribution >= 4 is 67.8 Å². The Balaban J connectivity index is 0.000000745. The lowest BCUT2D eigenvalue weighted by atomic mass is 9.77. The number of carbonyl (C=O) groups excluding carboxylic acids is 2. The maximum atomic E-state index is 12.2. The number of thioether (sulfide) groups is 1. The quantitative estimate of drug-likeness (QED) is 0.0547. The number of allylic oxidation sites excluding steroid dienone is 5. The summed E-state index contributed by atoms with van der Waals surface area (Å²) in [6, 6.07) is 7.44. The molecular weight excluding hydrogens is 684 g/mol. The van der Waals surface area contributed by atoms with Crippen LogP contribution >= 0.6 is 39.9 Å². The Labute approximate surface area is 294 Å². The summed E-state index contributed by atoms with van der Waals surface area (Å²) in [7, 11) is 0. The molecule has 0 aliphatic heterocycles. The third-order valence-corrected chi connectivity index (χ3v) is 8.73. The van der Waals surface area contributed by atoms with E-state index < -0.39 is 5.60 Å². The highest BCUT2D eigenvalue weighted by atomic mass is 79.9. The number of hydrogen-bond acceptors (Lipinski definition) is 6. The number of amidine groups is 1. The lowest BCUT2D eigenvalue weighted by Gasteiger charge is -2.33. The van der Waals surface area contributed by atoms with Crippen LogP contribution in [0.2, 0.25) is 0 Å². The van der Waals surface area contributed by atoms with E-state index in [0.717, 1.165) is 17.0 Å². The summed E-state index contributed by atoms with van der Waals surface area (Å²) >= 11 is 10.1. The third-order valence-electron chi connectivity index (χ3n) is 6.80. The van der Waals surface area contributed by atoms with Crippen LogP contribution in [-0.2, 0) is 9.53 Å². The van der Waals surface area contributed by atoms with E-state index in [9.17, 15) is 9.59 Å². The molecule has 1 saturated carbocycles. The predicted octanol–water partition coefficient (Wildman–Crippen LogP) is 9.07. The van der Waals surface area contributed by atoms with Crippen LogP contribution < -0.4 is 15.8 Å². The Bertz CT molecular complexity index is 1230. The molecule has 0 unspecified atom stereocenters. The van der Waals surface area contributed by atoms with E-state index in [2.05, 4.69) is 39.7 Å². The van der Waals surface area contributed by atoms with Crippen molar-refractivity contribution in [2.75, 3.05) is 36.1 Å². The first-order valence-electron chi connectivity index (χ1n) is 15.7. The highest BCUT2D eigenvalue weighted by molar-refractivity contribution is 9.09. The number of amides is 1. The molecule has 1 aliphatic rings. The normalized spacial score (nSPS) is 15.0. The van der Waals surface area contributed by atoms with Crippen molar-refractivity contribution in [1.29, 1.82) is 0 Å². The number of alkyl halides is 1. The van der Waals surface area contributed by atoms with Gasteiger partial charge in [-0.2, -0.15) is 4.99 Å². The SMILES string of the molecule is C=C(C)/C=C(\C=C/C)C(=O)CBr.CCN(CCOc1ccc(NC(=S)/N=C(\N)SCC2(C)CCCCC2)cc1)C(=O)OC(C)(C)C. The van der Waals surface area contributed by atoms with Gasteiger partial charge in [-0.3, -0.25) is 4.79 Å². The fraction of sp³-hybridized carbons (Fsp3) is 0.543. The molecule has 0 spiro atoms. The van der Waals surface area contributed by atoms with Crippen molar-refractivity contribution in [1.82, 2.24) is 4.90 Å². The highest BCUT2D eigenvalue weighted by Crippen LogP contribution is 2.38. The topological polar surface area (TPSA) is 106 Å². The highest BCUT2D eigenvalue weighted by Gasteiger charge is 2.27. The molecule has 1 amide bonds. The number of aliphatic imine (C=N–C) groups is 1. The van der Waals surface area contributed by atoms with Gasteiger partial charge in [-0.15, -0.1) is 0 Å². The van der Waals surface area contributed by atoms with Gasteiger partial charge in [-0.05, 0) is 102 Å². The number of likely N-dealkylation sites (N-methyl/N-ethyl adjacent to an activating group) is 1. The summed E-state index contributed by atoms with van der Waals surface area (Å²) in [6.07, 6.45) is 11.5. The zero-order valence-corrected chi connectivity index (χ0v) is 31.8. The minimum Gasteiger partial charge on any atom is -0.492 e. The van der Waals surface area contributed by atoms with Crippen molar-refractivity contribution in [3.63, 3.8) is 0 Å². The van der Waals surface area contributed by atoms with Crippen molar-refractivity contribution in [2.45, 2.75) is 86.2 Å². The minimum absolute atomic E-state index is 0.0797. The second-order valence-corrected chi connectivity index (χ2v) is 14.4. The average Bonchev–Trinajstić information content (AvgIpc) is 2.98. The van der Waals surface area contributed by atoms with Gasteiger partial charge in [0, 0.05) is 23.6 Å². The molecule has 2 rings (SSSR count). The van der Waals surface area contributed by atoms with E-state index in [-0.39, 0.29) is 11.9 Å². The molecule has 0 atom stereocenters. The van der Waals surface area contributed by atoms with Crippen molar-refractivity contribution in [2.24, 2.45) is 16.1 Å². The maximum Gasteiger partial charge on any atom is 0.410 e. The first-order valence-corrected chi connectivity index (χ1v) is 18.2. The van der Waals surface area contributed by atoms with E-state index in [1.807, 2.05) is 71.9 Å². The van der Waals surface area contributed by atoms with E-state index in [0.29, 0.717) is 52.0 Å². The number of nitrogens with zero attached hydrogens (tertiary/aromatic N) is 2. The molecule has 3 N–H and O–H groups in total. The van der Waals surface area contributed by atoms with Crippen LogP contribution in [0.3, 0.4) is 0 Å². The fourth-order valence-electron chi connectivity index (χ4n) is 4.44. The van der Waals surface area contributed by atoms with Gasteiger partial charge >= 0.3 is 6.09 Å². The second kappa shape index (κ2) is 21.3. The Kier molecular flexibility index (Phi) is 19.2. The smallest absolute Gasteiger partial charge is 0.410 e. The zero-order valence-electron chi connectivity index (χ0n) is 28.6. The number of nitrogens with one attached hydrogen (secondary N) is 1. The van der Waals surface area contributed by atoms with Crippen LogP contribution in [0.25, 0.3) is 0 Å². The molecule has 1 aromatic carbocycles. The largest absolute Gasteiger partial charge is 0.492 e. The number of anilines is 1. The Morgan fingerprint density at radius 3 is 2.37 bits per heavy atom. The number of rotatable bonds is 12. The van der Waals surface area contributed by atoms with Gasteiger partial charge in [0.25, 0.3) is 0 Å². The zero-order chi connectivity index (χ0) is 34.8. The molecule has 256 valence electrons. The molecular formula is C35H53BrN4O4S2. The minimum atomic E-state index is -0.518. The Hall–Kier alpha value is -2.63. The van der Waals surface area contributed by atoms with E-state index in [1.54, 1.807) is 28.8 Å². The first kappa shape index (κ1) is 41.4. The average molecular weight is 738 g/mol. The lowest BCUT2D eigenvalue weighted by molar-refractivity contribution is -0.112. The van der Waals surface area contributed by atoms with E-state index >= 15 is 0 Å². The van der Waals surface area contributed by atoms with Crippen LogP contribution in [-0.4, -0.2) is 63.4 Å². The molecule has 8 nitrogen and oxygen atoms in total. The number of benzene rings is 1. The summed E-state index contributed by atoms with van der Waals surface area (Å²) in [5.41, 5.74) is 8.32. The summed E-state index contributed by atoms with van der Waals surface area (Å²) in [4.78, 5) is 29.4. The van der Waals surface area contributed by atoms with E-state index in [4.69, 9.17) is 27.4 Å². The number of carbonyl (C=O) groups is 2. The van der Waals surface area contributed by atoms with Crippen molar-refractivity contribution in [3.05, 3.63) is 60.2 Å². The van der Waals surface area contributed by atoms with Gasteiger partial charge in [0.05, 0.1) is 11.9 Å². The fourth-order valence-corrected chi connectivity index (χ4v) is 5.98. The summed E-state index contributed by atoms with van der Waals surface area (Å²) in [6.45, 7) is 18.6. The predicted molar refractivity (Wildman–Crippen MR) is 203 cm³/mol. The van der Waals surface area contributed by atoms with Crippen LogP contribution in [0.5, 0.6) is 5.75 Å². The third kappa shape index (κ3) is 17.9. The van der Waals surface area contributed by atoms with Gasteiger partial charge in [0.1, 0.15) is 18.0 Å².